The molecular weight excluding hydrogens is 584 g/mol. The van der Waals surface area contributed by atoms with Crippen LogP contribution in [0.15, 0.2) is 60.9 Å². The van der Waals surface area contributed by atoms with Gasteiger partial charge in [-0.3, -0.25) is 0 Å². The fourth-order valence-electron chi connectivity index (χ4n) is 3.88. The first kappa shape index (κ1) is 24.1. The van der Waals surface area contributed by atoms with Crippen LogP contribution in [0.5, 0.6) is 0 Å². The topological polar surface area (TPSA) is 131 Å². The summed E-state index contributed by atoms with van der Waals surface area (Å²) in [5.41, 5.74) is 7.31. The highest BCUT2D eigenvalue weighted by Crippen LogP contribution is 2.37. The fourth-order valence-corrected chi connectivity index (χ4v) is 4.63. The van der Waals surface area contributed by atoms with Crippen LogP contribution in [0.4, 0.5) is 10.2 Å². The van der Waals surface area contributed by atoms with E-state index in [1.54, 1.807) is 49.4 Å². The van der Waals surface area contributed by atoms with Crippen LogP contribution in [-0.4, -0.2) is 50.3 Å². The Balaban J connectivity index is 1.49. The predicted molar refractivity (Wildman–Crippen MR) is 133 cm³/mol. The van der Waals surface area contributed by atoms with Crippen LogP contribution in [0.3, 0.4) is 0 Å². The summed E-state index contributed by atoms with van der Waals surface area (Å²) in [5, 5.41) is 4.74. The molecule has 0 unspecified atom stereocenters. The van der Waals surface area contributed by atoms with Gasteiger partial charge in [-0.05, 0) is 53.3 Å². The Morgan fingerprint density at radius 3 is 2.53 bits per heavy atom. The zero-order chi connectivity index (χ0) is 25.4. The molecular formula is C24H19FIN5O5. The first-order valence-corrected chi connectivity index (χ1v) is 11.9. The molecule has 10 nitrogen and oxygen atoms in total. The lowest BCUT2D eigenvalue weighted by atomic mass is 10.1. The van der Waals surface area contributed by atoms with Crippen molar-refractivity contribution in [2.75, 3.05) is 5.73 Å². The maximum absolute atomic E-state index is 15.9. The van der Waals surface area contributed by atoms with Crippen LogP contribution >= 0.6 is 22.6 Å². The number of ether oxygens (including phenoxy) is 3. The van der Waals surface area contributed by atoms with Crippen LogP contribution in [0.1, 0.15) is 32.5 Å². The van der Waals surface area contributed by atoms with Gasteiger partial charge < -0.3 is 19.9 Å². The van der Waals surface area contributed by atoms with E-state index in [1.807, 2.05) is 22.6 Å². The molecule has 36 heavy (non-hydrogen) atoms. The second kappa shape index (κ2) is 9.78. The Morgan fingerprint density at radius 2 is 1.78 bits per heavy atom. The molecule has 0 aliphatic carbocycles. The number of anilines is 1. The molecule has 0 saturated carbocycles. The van der Waals surface area contributed by atoms with Gasteiger partial charge >= 0.3 is 11.9 Å². The molecule has 12 heteroatoms. The van der Waals surface area contributed by atoms with Crippen molar-refractivity contribution in [3.63, 3.8) is 0 Å². The number of fused-ring (bicyclic) bond motifs is 1. The smallest absolute Gasteiger partial charge is 0.340 e. The van der Waals surface area contributed by atoms with E-state index >= 15 is 4.39 Å². The second-order valence-electron chi connectivity index (χ2n) is 7.99. The highest BCUT2D eigenvalue weighted by atomic mass is 127. The van der Waals surface area contributed by atoms with Crippen molar-refractivity contribution in [3.8, 4) is 0 Å². The van der Waals surface area contributed by atoms with Gasteiger partial charge in [0.1, 0.15) is 15.8 Å². The van der Waals surface area contributed by atoms with Crippen LogP contribution in [-0.2, 0) is 14.2 Å². The van der Waals surface area contributed by atoms with E-state index < -0.39 is 36.7 Å². The van der Waals surface area contributed by atoms with Crippen molar-refractivity contribution in [3.05, 3.63) is 81.3 Å². The number of nitrogens with two attached hydrogens (primary N) is 1. The lowest BCUT2D eigenvalue weighted by molar-refractivity contribution is -0.149. The third kappa shape index (κ3) is 4.37. The van der Waals surface area contributed by atoms with Crippen LogP contribution in [0, 0.1) is 10.6 Å². The number of aromatic nitrogens is 4. The van der Waals surface area contributed by atoms with E-state index in [0.29, 0.717) is 14.7 Å². The van der Waals surface area contributed by atoms with E-state index in [4.69, 9.17) is 19.9 Å². The number of alkyl halides is 1. The molecule has 2 N–H and O–H groups in total. The number of hydrogen-bond acceptors (Lipinski definition) is 9. The zero-order valence-corrected chi connectivity index (χ0v) is 20.9. The number of rotatable bonds is 5. The number of esters is 2. The molecule has 1 fully saturated rings. The van der Waals surface area contributed by atoms with E-state index in [9.17, 15) is 9.59 Å². The highest BCUT2D eigenvalue weighted by molar-refractivity contribution is 14.1. The van der Waals surface area contributed by atoms with Gasteiger partial charge in [-0.25, -0.2) is 28.6 Å². The first-order valence-electron chi connectivity index (χ1n) is 10.8. The van der Waals surface area contributed by atoms with Gasteiger partial charge in [-0.2, -0.15) is 5.10 Å². The molecule has 2 aromatic heterocycles. The molecule has 3 heterocycles. The number of nitrogen functional groups attached to an aromatic ring is 1. The molecule has 0 radical (unpaired) electrons. The third-order valence-electron chi connectivity index (χ3n) is 5.69. The largest absolute Gasteiger partial charge is 0.449 e. The van der Waals surface area contributed by atoms with Gasteiger partial charge in [0.05, 0.1) is 16.5 Å². The minimum Gasteiger partial charge on any atom is -0.449 e. The Labute approximate surface area is 217 Å². The summed E-state index contributed by atoms with van der Waals surface area (Å²) in [4.78, 5) is 33.8. The zero-order valence-electron chi connectivity index (χ0n) is 18.7. The summed E-state index contributed by atoms with van der Waals surface area (Å²) in [7, 11) is 0. The predicted octanol–water partition coefficient (Wildman–Crippen LogP) is 3.60. The van der Waals surface area contributed by atoms with Crippen molar-refractivity contribution in [1.82, 2.24) is 19.7 Å². The molecule has 0 amide bonds. The van der Waals surface area contributed by atoms with Gasteiger partial charge in [-0.1, -0.05) is 36.4 Å². The maximum atomic E-state index is 15.9. The molecule has 1 saturated heterocycles. The van der Waals surface area contributed by atoms with Crippen LogP contribution in [0.25, 0.3) is 11.0 Å². The van der Waals surface area contributed by atoms with E-state index in [2.05, 4.69) is 15.1 Å². The second-order valence-corrected chi connectivity index (χ2v) is 9.01. The van der Waals surface area contributed by atoms with Crippen molar-refractivity contribution in [2.45, 2.75) is 31.7 Å². The SMILES string of the molecule is Cc1ccccc1C(=O)O[C@H]1O[C@@H](n2nc(I)c3c(N)ncnc32)[C@@H](F)[C@@H]1OC(=O)c1ccccc1. The first-order chi connectivity index (χ1) is 17.3. The van der Waals surface area contributed by atoms with Crippen LogP contribution in [0.2, 0.25) is 0 Å². The lowest BCUT2D eigenvalue weighted by Gasteiger charge is -2.20. The lowest BCUT2D eigenvalue weighted by Crippen LogP contribution is -2.36. The average Bonchev–Trinajstić information content (AvgIpc) is 3.37. The summed E-state index contributed by atoms with van der Waals surface area (Å²) < 4.78 is 34.3. The van der Waals surface area contributed by atoms with Gasteiger partial charge in [0.15, 0.2) is 24.2 Å². The summed E-state index contributed by atoms with van der Waals surface area (Å²) in [6.07, 6.45) is -5.29. The van der Waals surface area contributed by atoms with Crippen molar-refractivity contribution < 1.29 is 28.2 Å². The fraction of sp³-hybridized carbons (Fsp3) is 0.208. The number of carbonyl (C=O) groups is 2. The number of halogens is 2. The third-order valence-corrected chi connectivity index (χ3v) is 6.44. The molecule has 1 aliphatic heterocycles. The van der Waals surface area contributed by atoms with Gasteiger partial charge in [0.2, 0.25) is 6.29 Å². The standard InChI is InChI=1S/C24H19FIN5O5/c1-12-7-5-6-10-14(12)23(33)36-24-17(34-22(32)13-8-3-2-4-9-13)16(25)21(35-24)31-20-15(18(26)30-31)19(27)28-11-29-20/h2-11,16-17,21,24H,1H3,(H2,27,28,29)/t16-,17-,21+,24+/m0/s1. The number of aryl methyl sites for hydroxylation is 1. The summed E-state index contributed by atoms with van der Waals surface area (Å²) >= 11 is 1.93. The quantitative estimate of drug-likeness (QED) is 0.269. The van der Waals surface area contributed by atoms with Gasteiger partial charge in [-0.15, -0.1) is 0 Å². The Morgan fingerprint density at radius 1 is 1.06 bits per heavy atom. The van der Waals surface area contributed by atoms with Gasteiger partial charge in [0.25, 0.3) is 0 Å². The molecule has 0 bridgehead atoms. The average molecular weight is 603 g/mol. The Kier molecular flexibility index (Phi) is 6.53. The van der Waals surface area contributed by atoms with Crippen molar-refractivity contribution in [2.24, 2.45) is 0 Å². The minimum atomic E-state index is -1.96. The monoisotopic (exact) mass is 603 g/mol. The number of carbonyl (C=O) groups excluding carboxylic acids is 2. The molecule has 4 atom stereocenters. The van der Waals surface area contributed by atoms with E-state index in [1.165, 1.54) is 23.1 Å². The Bertz CT molecular complexity index is 1450. The summed E-state index contributed by atoms with van der Waals surface area (Å²) in [5.74, 6) is -1.38. The molecule has 1 aliphatic rings. The van der Waals surface area contributed by atoms with Crippen molar-refractivity contribution >= 4 is 51.4 Å². The van der Waals surface area contributed by atoms with Crippen molar-refractivity contribution in [1.29, 1.82) is 0 Å². The minimum absolute atomic E-state index is 0.165. The summed E-state index contributed by atoms with van der Waals surface area (Å²) in [6.45, 7) is 1.74. The number of hydrogen-bond donors (Lipinski definition) is 1. The maximum Gasteiger partial charge on any atom is 0.340 e. The Hall–Kier alpha value is -3.65. The van der Waals surface area contributed by atoms with E-state index in [-0.39, 0.29) is 22.6 Å². The molecule has 4 aromatic rings. The summed E-state index contributed by atoms with van der Waals surface area (Å²) in [6, 6.07) is 14.8. The van der Waals surface area contributed by atoms with Crippen LogP contribution < -0.4 is 5.73 Å². The molecule has 2 aromatic carbocycles. The molecule has 5 rings (SSSR count). The highest BCUT2D eigenvalue weighted by Gasteiger charge is 2.52. The molecule has 184 valence electrons. The molecule has 0 spiro atoms. The number of benzene rings is 2. The van der Waals surface area contributed by atoms with Gasteiger partial charge in [0, 0.05) is 0 Å². The number of nitrogens with zero attached hydrogens (tertiary/aromatic N) is 4. The normalized spacial score (nSPS) is 21.4. The van der Waals surface area contributed by atoms with E-state index in [0.717, 1.165) is 0 Å².